The van der Waals surface area contributed by atoms with E-state index in [9.17, 15) is 0 Å². The van der Waals surface area contributed by atoms with Crippen molar-refractivity contribution < 1.29 is 4.84 Å². The van der Waals surface area contributed by atoms with Gasteiger partial charge in [-0.2, -0.15) is 0 Å². The molecule has 0 aliphatic rings. The molecule has 1 heterocycles. The van der Waals surface area contributed by atoms with E-state index in [1.807, 2.05) is 48.5 Å². The monoisotopic (exact) mass is 225 g/mol. The lowest BCUT2D eigenvalue weighted by Gasteiger charge is -2.05. The quantitative estimate of drug-likeness (QED) is 0.681. The van der Waals surface area contributed by atoms with Gasteiger partial charge in [0.15, 0.2) is 5.75 Å². The van der Waals surface area contributed by atoms with E-state index in [-0.39, 0.29) is 0 Å². The van der Waals surface area contributed by atoms with E-state index in [0.717, 1.165) is 16.7 Å². The zero-order valence-corrected chi connectivity index (χ0v) is 9.08. The Balaban J connectivity index is 2.03. The van der Waals surface area contributed by atoms with E-state index in [1.165, 1.54) is 4.85 Å². The number of anilines is 1. The van der Waals surface area contributed by atoms with Crippen molar-refractivity contribution in [3.63, 3.8) is 0 Å². The first-order valence-electron chi connectivity index (χ1n) is 5.29. The number of fused-ring (bicyclic) bond motifs is 1. The molecule has 4 heteroatoms. The summed E-state index contributed by atoms with van der Waals surface area (Å²) in [7, 11) is 0. The van der Waals surface area contributed by atoms with Gasteiger partial charge in [-0.1, -0.05) is 23.0 Å². The van der Waals surface area contributed by atoms with Crippen LogP contribution in [0.1, 0.15) is 0 Å². The van der Waals surface area contributed by atoms with Gasteiger partial charge in [0.25, 0.3) is 0 Å². The van der Waals surface area contributed by atoms with Gasteiger partial charge in [-0.05, 0) is 30.3 Å². The first kappa shape index (κ1) is 9.72. The average Bonchev–Trinajstić information content (AvgIpc) is 2.73. The third kappa shape index (κ3) is 1.80. The van der Waals surface area contributed by atoms with Gasteiger partial charge in [0.2, 0.25) is 0 Å². The summed E-state index contributed by atoms with van der Waals surface area (Å²) in [6.07, 6.45) is 1.75. The summed E-state index contributed by atoms with van der Waals surface area (Å²) in [6.45, 7) is 0. The van der Waals surface area contributed by atoms with Gasteiger partial charge in [0.1, 0.15) is 5.52 Å². The number of aromatic nitrogens is 2. The predicted molar refractivity (Wildman–Crippen MR) is 66.6 cm³/mol. The molecule has 3 rings (SSSR count). The average molecular weight is 225 g/mol. The Bertz CT molecular complexity index is 646. The largest absolute Gasteiger partial charge is 0.399 e. The lowest BCUT2D eigenvalue weighted by molar-refractivity contribution is 0.191. The van der Waals surface area contributed by atoms with Gasteiger partial charge >= 0.3 is 0 Å². The third-order valence-corrected chi connectivity index (χ3v) is 2.50. The Kier molecular flexibility index (Phi) is 2.19. The van der Waals surface area contributed by atoms with E-state index >= 15 is 0 Å². The zero-order valence-electron chi connectivity index (χ0n) is 9.08. The fourth-order valence-electron chi connectivity index (χ4n) is 1.67. The van der Waals surface area contributed by atoms with E-state index < -0.39 is 0 Å². The summed E-state index contributed by atoms with van der Waals surface area (Å²) in [5.41, 5.74) is 7.29. The molecular formula is C13H11N3O. The standard InChI is InChI=1S/C13H11N3O/c14-11-7-6-10-9-15-16(13(10)8-11)17-12-4-2-1-3-5-12/h1-9H,14H2. The number of nitrogens with two attached hydrogens (primary N) is 1. The van der Waals surface area contributed by atoms with Crippen molar-refractivity contribution in [2.45, 2.75) is 0 Å². The molecule has 0 saturated heterocycles. The maximum Gasteiger partial charge on any atom is 0.157 e. The highest BCUT2D eigenvalue weighted by Crippen LogP contribution is 2.18. The van der Waals surface area contributed by atoms with Crippen LogP contribution in [0.25, 0.3) is 10.9 Å². The molecule has 0 unspecified atom stereocenters. The van der Waals surface area contributed by atoms with Gasteiger partial charge in [0, 0.05) is 11.1 Å². The van der Waals surface area contributed by atoms with E-state index in [2.05, 4.69) is 5.10 Å². The smallest absolute Gasteiger partial charge is 0.157 e. The van der Waals surface area contributed by atoms with Crippen LogP contribution in [0.2, 0.25) is 0 Å². The molecule has 17 heavy (non-hydrogen) atoms. The zero-order chi connectivity index (χ0) is 11.7. The number of para-hydroxylation sites is 1. The van der Waals surface area contributed by atoms with Crippen LogP contribution in [-0.2, 0) is 0 Å². The molecule has 0 bridgehead atoms. The summed E-state index contributed by atoms with van der Waals surface area (Å²) in [5.74, 6) is 0.736. The molecule has 0 saturated carbocycles. The Morgan fingerprint density at radius 2 is 1.88 bits per heavy atom. The van der Waals surface area contributed by atoms with Crippen LogP contribution in [0.5, 0.6) is 5.75 Å². The molecule has 84 valence electrons. The lowest BCUT2D eigenvalue weighted by Crippen LogP contribution is -2.06. The first-order valence-corrected chi connectivity index (χ1v) is 5.29. The first-order chi connectivity index (χ1) is 8.33. The summed E-state index contributed by atoms with van der Waals surface area (Å²) in [4.78, 5) is 7.11. The fourth-order valence-corrected chi connectivity index (χ4v) is 1.67. The molecule has 0 spiro atoms. The van der Waals surface area contributed by atoms with Gasteiger partial charge in [-0.25, -0.2) is 0 Å². The lowest BCUT2D eigenvalue weighted by atomic mass is 10.2. The summed E-state index contributed by atoms with van der Waals surface area (Å²) in [5, 5.41) is 5.17. The van der Waals surface area contributed by atoms with Gasteiger partial charge in [0.05, 0.1) is 6.20 Å². The molecule has 1 aromatic heterocycles. The molecule has 0 atom stereocenters. The second-order valence-corrected chi connectivity index (χ2v) is 3.74. The molecule has 4 nitrogen and oxygen atoms in total. The van der Waals surface area contributed by atoms with Crippen molar-refractivity contribution in [2.75, 3.05) is 5.73 Å². The minimum atomic E-state index is 0.691. The Hall–Kier alpha value is -2.49. The number of rotatable bonds is 2. The summed E-state index contributed by atoms with van der Waals surface area (Å²) >= 11 is 0. The number of nitrogens with zero attached hydrogens (tertiary/aromatic N) is 2. The van der Waals surface area contributed by atoms with Crippen LogP contribution in [0, 0.1) is 0 Å². The maximum atomic E-state index is 5.75. The topological polar surface area (TPSA) is 53.1 Å². The van der Waals surface area contributed by atoms with Gasteiger partial charge in [-0.3, -0.25) is 0 Å². The van der Waals surface area contributed by atoms with E-state index in [0.29, 0.717) is 5.69 Å². The van der Waals surface area contributed by atoms with Crippen molar-refractivity contribution in [3.05, 3.63) is 54.7 Å². The Labute approximate surface area is 98.2 Å². The number of nitrogen functional groups attached to an aromatic ring is 1. The Morgan fingerprint density at radius 1 is 1.06 bits per heavy atom. The highest BCUT2D eigenvalue weighted by atomic mass is 16.7. The van der Waals surface area contributed by atoms with Crippen LogP contribution in [0.4, 0.5) is 5.69 Å². The maximum absolute atomic E-state index is 5.75. The van der Waals surface area contributed by atoms with Crippen LogP contribution in [-0.4, -0.2) is 9.94 Å². The van der Waals surface area contributed by atoms with E-state index in [1.54, 1.807) is 6.20 Å². The molecule has 0 aliphatic carbocycles. The SMILES string of the molecule is Nc1ccc2cnn(Oc3ccccc3)c2c1. The van der Waals surface area contributed by atoms with Crippen molar-refractivity contribution in [2.24, 2.45) is 0 Å². The molecule has 0 amide bonds. The summed E-state index contributed by atoms with van der Waals surface area (Å²) < 4.78 is 0. The Morgan fingerprint density at radius 3 is 2.71 bits per heavy atom. The molecule has 3 aromatic rings. The minimum Gasteiger partial charge on any atom is -0.399 e. The van der Waals surface area contributed by atoms with Crippen molar-refractivity contribution in [1.29, 1.82) is 0 Å². The molecule has 0 aliphatic heterocycles. The minimum absolute atomic E-state index is 0.691. The van der Waals surface area contributed by atoms with Gasteiger partial charge < -0.3 is 10.6 Å². The highest BCUT2D eigenvalue weighted by Gasteiger charge is 2.04. The number of benzene rings is 2. The molecule has 2 N–H and O–H groups in total. The molecule has 0 fully saturated rings. The predicted octanol–water partition coefficient (Wildman–Crippen LogP) is 2.46. The van der Waals surface area contributed by atoms with Gasteiger partial charge in [-0.15, -0.1) is 5.10 Å². The second kappa shape index (κ2) is 3.83. The highest BCUT2D eigenvalue weighted by molar-refractivity contribution is 5.81. The number of hydrogen-bond donors (Lipinski definition) is 1. The van der Waals surface area contributed by atoms with Crippen molar-refractivity contribution in [1.82, 2.24) is 9.94 Å². The number of hydrogen-bond acceptors (Lipinski definition) is 3. The second-order valence-electron chi connectivity index (χ2n) is 3.74. The normalized spacial score (nSPS) is 10.6. The van der Waals surface area contributed by atoms with Crippen molar-refractivity contribution >= 4 is 16.6 Å². The molecular weight excluding hydrogens is 214 g/mol. The summed E-state index contributed by atoms with van der Waals surface area (Å²) in [6, 6.07) is 15.1. The van der Waals surface area contributed by atoms with Crippen molar-refractivity contribution in [3.8, 4) is 5.75 Å². The van der Waals surface area contributed by atoms with Crippen LogP contribution < -0.4 is 10.6 Å². The molecule has 2 aromatic carbocycles. The molecule has 0 radical (unpaired) electrons. The van der Waals surface area contributed by atoms with Crippen LogP contribution in [0.3, 0.4) is 0 Å². The van der Waals surface area contributed by atoms with Crippen LogP contribution in [0.15, 0.2) is 54.7 Å². The van der Waals surface area contributed by atoms with E-state index in [4.69, 9.17) is 10.6 Å². The fraction of sp³-hybridized carbons (Fsp3) is 0. The third-order valence-electron chi connectivity index (χ3n) is 2.50. The van der Waals surface area contributed by atoms with Crippen LogP contribution >= 0.6 is 0 Å².